The largest absolute Gasteiger partial charge is 0.437 e. The molecule has 14 heavy (non-hydrogen) atoms. The number of ether oxygens (including phenoxy) is 1. The van der Waals surface area contributed by atoms with E-state index in [2.05, 4.69) is 4.74 Å². The van der Waals surface area contributed by atoms with Crippen LogP contribution in [0.5, 0.6) is 0 Å². The van der Waals surface area contributed by atoms with Crippen molar-refractivity contribution in [3.8, 4) is 0 Å². The molecule has 0 aromatic rings. The maximum atomic E-state index is 11.6. The van der Waals surface area contributed by atoms with Crippen LogP contribution in [0.2, 0.25) is 0 Å². The molecule has 0 aromatic carbocycles. The average Bonchev–Trinajstić information content (AvgIpc) is 1.95. The van der Waals surface area contributed by atoms with E-state index in [0.29, 0.717) is 0 Å². The number of esters is 1. The van der Waals surface area contributed by atoms with Crippen molar-refractivity contribution in [1.29, 1.82) is 0 Å². The van der Waals surface area contributed by atoms with Crippen molar-refractivity contribution in [3.05, 3.63) is 0 Å². The summed E-state index contributed by atoms with van der Waals surface area (Å²) in [6, 6.07) is 0. The molecule has 0 saturated heterocycles. The van der Waals surface area contributed by atoms with Gasteiger partial charge in [-0.3, -0.25) is 4.79 Å². The summed E-state index contributed by atoms with van der Waals surface area (Å²) in [5.41, 5.74) is 0. The highest BCUT2D eigenvalue weighted by Crippen LogP contribution is 2.35. The molecule has 0 atom stereocenters. The molecule has 0 aliphatic heterocycles. The SMILES string of the molecule is O=CC(=O)OC(C(F)(F)F)C(F)(F)F. The minimum absolute atomic E-state index is 0.787. The molecule has 0 aromatic heterocycles. The molecule has 0 amide bonds. The van der Waals surface area contributed by atoms with Gasteiger partial charge >= 0.3 is 18.3 Å². The lowest BCUT2D eigenvalue weighted by Crippen LogP contribution is -2.45. The molecule has 0 aliphatic rings. The van der Waals surface area contributed by atoms with Crippen molar-refractivity contribution < 1.29 is 40.7 Å². The Kier molecular flexibility index (Phi) is 3.49. The summed E-state index contributed by atoms with van der Waals surface area (Å²) >= 11 is 0. The van der Waals surface area contributed by atoms with Crippen LogP contribution in [0, 0.1) is 0 Å². The Morgan fingerprint density at radius 3 is 1.64 bits per heavy atom. The molecule has 9 heteroatoms. The summed E-state index contributed by atoms with van der Waals surface area (Å²) in [6.45, 7) is 0. The highest BCUT2D eigenvalue weighted by molar-refractivity contribution is 6.20. The number of carbonyl (C=O) groups excluding carboxylic acids is 2. The van der Waals surface area contributed by atoms with E-state index in [1.807, 2.05) is 0 Å². The third-order valence-corrected chi connectivity index (χ3v) is 0.925. The van der Waals surface area contributed by atoms with Crippen molar-refractivity contribution in [1.82, 2.24) is 0 Å². The molecule has 0 N–H and O–H groups in total. The Hall–Kier alpha value is -1.28. The van der Waals surface area contributed by atoms with Crippen LogP contribution in [0.25, 0.3) is 0 Å². The molecular formula is C5H2F6O3. The van der Waals surface area contributed by atoms with E-state index in [1.54, 1.807) is 0 Å². The second-order valence-electron chi connectivity index (χ2n) is 2.02. The minimum atomic E-state index is -5.79. The maximum absolute atomic E-state index is 11.6. The molecule has 0 saturated carbocycles. The highest BCUT2D eigenvalue weighted by atomic mass is 19.4. The van der Waals surface area contributed by atoms with Gasteiger partial charge in [-0.05, 0) is 0 Å². The fraction of sp³-hybridized carbons (Fsp3) is 0.600. The topological polar surface area (TPSA) is 43.4 Å². The molecule has 82 valence electrons. The Labute approximate surface area is 72.6 Å². The van der Waals surface area contributed by atoms with Gasteiger partial charge in [0.15, 0.2) is 0 Å². The summed E-state index contributed by atoms with van der Waals surface area (Å²) in [7, 11) is 0. The first kappa shape index (κ1) is 12.7. The fourth-order valence-corrected chi connectivity index (χ4v) is 0.463. The van der Waals surface area contributed by atoms with Gasteiger partial charge in [0.25, 0.3) is 6.10 Å². The summed E-state index contributed by atoms with van der Waals surface area (Å²) in [5, 5.41) is 0. The standard InChI is InChI=1S/C5H2F6O3/c6-4(7,8)3(5(9,10)11)14-2(13)1-12/h1,3H. The van der Waals surface area contributed by atoms with E-state index in [9.17, 15) is 35.9 Å². The van der Waals surface area contributed by atoms with Crippen LogP contribution in [0.4, 0.5) is 26.3 Å². The molecule has 0 radical (unpaired) electrons. The van der Waals surface area contributed by atoms with Gasteiger partial charge < -0.3 is 4.74 Å². The van der Waals surface area contributed by atoms with Gasteiger partial charge in [-0.25, -0.2) is 4.79 Å². The van der Waals surface area contributed by atoms with Gasteiger partial charge in [0.1, 0.15) is 0 Å². The number of hydrogen-bond acceptors (Lipinski definition) is 3. The normalized spacial score (nSPS) is 12.8. The second-order valence-corrected chi connectivity index (χ2v) is 2.02. The number of carbonyl (C=O) groups is 2. The third kappa shape index (κ3) is 3.62. The first-order chi connectivity index (χ1) is 6.09. The number of aldehydes is 1. The Balaban J connectivity index is 4.76. The van der Waals surface area contributed by atoms with Crippen LogP contribution in [0.3, 0.4) is 0 Å². The molecule has 0 heterocycles. The molecule has 0 rings (SSSR count). The van der Waals surface area contributed by atoms with Crippen LogP contribution in [-0.4, -0.2) is 30.7 Å². The highest BCUT2D eigenvalue weighted by Gasteiger charge is 2.59. The number of rotatable bonds is 2. The van der Waals surface area contributed by atoms with Gasteiger partial charge in [-0.1, -0.05) is 0 Å². The van der Waals surface area contributed by atoms with Gasteiger partial charge in [0.2, 0.25) is 6.29 Å². The van der Waals surface area contributed by atoms with Crippen LogP contribution in [0.15, 0.2) is 0 Å². The molecule has 3 nitrogen and oxygen atoms in total. The Morgan fingerprint density at radius 1 is 1.07 bits per heavy atom. The van der Waals surface area contributed by atoms with E-state index in [1.165, 1.54) is 0 Å². The summed E-state index contributed by atoms with van der Waals surface area (Å²) < 4.78 is 72.5. The zero-order chi connectivity index (χ0) is 11.6. The van der Waals surface area contributed by atoms with Crippen molar-refractivity contribution in [2.45, 2.75) is 18.5 Å². The Morgan fingerprint density at radius 2 is 1.43 bits per heavy atom. The lowest BCUT2D eigenvalue weighted by Gasteiger charge is -2.21. The summed E-state index contributed by atoms with van der Waals surface area (Å²) in [4.78, 5) is 19.4. The third-order valence-electron chi connectivity index (χ3n) is 0.925. The van der Waals surface area contributed by atoms with Crippen LogP contribution >= 0.6 is 0 Å². The first-order valence-corrected chi connectivity index (χ1v) is 2.88. The minimum Gasteiger partial charge on any atom is -0.437 e. The molecule has 0 bridgehead atoms. The Bertz CT molecular complexity index is 215. The first-order valence-electron chi connectivity index (χ1n) is 2.88. The van der Waals surface area contributed by atoms with E-state index < -0.39 is 30.7 Å². The van der Waals surface area contributed by atoms with Crippen LogP contribution < -0.4 is 0 Å². The van der Waals surface area contributed by atoms with E-state index in [0.717, 1.165) is 0 Å². The van der Waals surface area contributed by atoms with E-state index in [4.69, 9.17) is 0 Å². The van der Waals surface area contributed by atoms with Crippen LogP contribution in [-0.2, 0) is 14.3 Å². The molecule has 0 fully saturated rings. The quantitative estimate of drug-likeness (QED) is 0.306. The number of halogens is 6. The lowest BCUT2D eigenvalue weighted by atomic mass is 10.3. The number of alkyl halides is 6. The van der Waals surface area contributed by atoms with Gasteiger partial charge in [0.05, 0.1) is 0 Å². The predicted molar refractivity (Wildman–Crippen MR) is 28.1 cm³/mol. The van der Waals surface area contributed by atoms with Gasteiger partial charge in [0, 0.05) is 0 Å². The molecule has 0 aliphatic carbocycles. The lowest BCUT2D eigenvalue weighted by molar-refractivity contribution is -0.312. The van der Waals surface area contributed by atoms with Crippen LogP contribution in [0.1, 0.15) is 0 Å². The molecule has 0 spiro atoms. The van der Waals surface area contributed by atoms with Crippen molar-refractivity contribution in [3.63, 3.8) is 0 Å². The second kappa shape index (κ2) is 3.84. The van der Waals surface area contributed by atoms with Crippen molar-refractivity contribution >= 4 is 12.3 Å². The smallest absolute Gasteiger partial charge is 0.434 e. The maximum Gasteiger partial charge on any atom is 0.434 e. The zero-order valence-electron chi connectivity index (χ0n) is 6.15. The molecular weight excluding hydrogens is 222 g/mol. The van der Waals surface area contributed by atoms with E-state index >= 15 is 0 Å². The molecule has 0 unspecified atom stereocenters. The monoisotopic (exact) mass is 224 g/mol. The predicted octanol–water partition coefficient (Wildman–Crippen LogP) is 1.22. The van der Waals surface area contributed by atoms with E-state index in [-0.39, 0.29) is 0 Å². The fourth-order valence-electron chi connectivity index (χ4n) is 0.463. The van der Waals surface area contributed by atoms with Gasteiger partial charge in [-0.15, -0.1) is 0 Å². The summed E-state index contributed by atoms with van der Waals surface area (Å²) in [5.74, 6) is -2.23. The average molecular weight is 224 g/mol. The summed E-state index contributed by atoms with van der Waals surface area (Å²) in [6.07, 6.45) is -16.6. The van der Waals surface area contributed by atoms with Crippen molar-refractivity contribution in [2.24, 2.45) is 0 Å². The zero-order valence-corrected chi connectivity index (χ0v) is 6.15. The number of hydrogen-bond donors (Lipinski definition) is 0. The van der Waals surface area contributed by atoms with Gasteiger partial charge in [-0.2, -0.15) is 26.3 Å². The van der Waals surface area contributed by atoms with Crippen molar-refractivity contribution in [2.75, 3.05) is 0 Å².